The summed E-state index contributed by atoms with van der Waals surface area (Å²) in [5, 5.41) is 12.2. The van der Waals surface area contributed by atoms with Crippen molar-refractivity contribution in [1.82, 2.24) is 4.98 Å². The number of anilines is 1. The van der Waals surface area contributed by atoms with Gasteiger partial charge in [0.05, 0.1) is 18.5 Å². The highest BCUT2D eigenvalue weighted by atomic mass is 16.3. The fourth-order valence-corrected chi connectivity index (χ4v) is 3.84. The molecule has 0 spiro atoms. The number of aromatic nitrogens is 1. The number of carbonyl (C=O) groups is 1. The highest BCUT2D eigenvalue weighted by Crippen LogP contribution is 2.42. The van der Waals surface area contributed by atoms with Gasteiger partial charge >= 0.3 is 0 Å². The third kappa shape index (κ3) is 4.53. The minimum atomic E-state index is -0.0916. The maximum atomic E-state index is 12.2. The molecule has 4 heteroatoms. The number of pyridine rings is 1. The van der Waals surface area contributed by atoms with Crippen molar-refractivity contribution >= 4 is 11.6 Å². The van der Waals surface area contributed by atoms with Crippen LogP contribution in [0, 0.1) is 17.3 Å². The summed E-state index contributed by atoms with van der Waals surface area (Å²) in [5.74, 6) is 1.14. The molecule has 2 atom stereocenters. The Hall–Kier alpha value is -1.42. The number of amides is 1. The number of nitrogens with zero attached hydrogens (tertiary/aromatic N) is 1. The van der Waals surface area contributed by atoms with Crippen molar-refractivity contribution in [2.45, 2.75) is 53.1 Å². The average molecular weight is 290 g/mol. The number of hydrogen-bond acceptors (Lipinski definition) is 3. The number of nitrogens with one attached hydrogen (secondary N) is 1. The van der Waals surface area contributed by atoms with Crippen molar-refractivity contribution in [1.29, 1.82) is 0 Å². The van der Waals surface area contributed by atoms with Gasteiger partial charge < -0.3 is 10.4 Å². The zero-order valence-electron chi connectivity index (χ0n) is 13.2. The second kappa shape index (κ2) is 6.56. The van der Waals surface area contributed by atoms with Gasteiger partial charge in [-0.3, -0.25) is 9.78 Å². The Bertz CT molecular complexity index is 499. The van der Waals surface area contributed by atoms with Gasteiger partial charge in [0.25, 0.3) is 0 Å². The lowest BCUT2D eigenvalue weighted by Crippen LogP contribution is -2.30. The van der Waals surface area contributed by atoms with E-state index >= 15 is 0 Å². The first kappa shape index (κ1) is 16.0. The highest BCUT2D eigenvalue weighted by Gasteiger charge is 2.32. The molecule has 1 aliphatic rings. The Labute approximate surface area is 127 Å². The summed E-state index contributed by atoms with van der Waals surface area (Å²) in [6, 6.07) is 1.72. The molecule has 1 amide bonds. The van der Waals surface area contributed by atoms with Crippen LogP contribution in [0.4, 0.5) is 5.69 Å². The van der Waals surface area contributed by atoms with Gasteiger partial charge in [-0.15, -0.1) is 0 Å². The van der Waals surface area contributed by atoms with E-state index in [1.165, 1.54) is 6.42 Å². The van der Waals surface area contributed by atoms with Gasteiger partial charge in [-0.25, -0.2) is 0 Å². The number of aliphatic hydroxyl groups is 1. The lowest BCUT2D eigenvalue weighted by molar-refractivity contribution is -0.117. The first-order chi connectivity index (χ1) is 9.89. The van der Waals surface area contributed by atoms with Crippen molar-refractivity contribution < 1.29 is 9.90 Å². The number of carbonyl (C=O) groups excluding carboxylic acids is 1. The van der Waals surface area contributed by atoms with Crippen LogP contribution >= 0.6 is 0 Å². The van der Waals surface area contributed by atoms with E-state index in [2.05, 4.69) is 31.1 Å². The second-order valence-electron chi connectivity index (χ2n) is 7.22. The third-order valence-corrected chi connectivity index (χ3v) is 4.31. The quantitative estimate of drug-likeness (QED) is 0.893. The molecule has 0 aliphatic heterocycles. The minimum Gasteiger partial charge on any atom is -0.392 e. The predicted molar refractivity (Wildman–Crippen MR) is 83.7 cm³/mol. The van der Waals surface area contributed by atoms with E-state index in [9.17, 15) is 9.90 Å². The van der Waals surface area contributed by atoms with Crippen molar-refractivity contribution in [3.8, 4) is 0 Å². The monoisotopic (exact) mass is 290 g/mol. The third-order valence-electron chi connectivity index (χ3n) is 4.31. The molecule has 1 heterocycles. The van der Waals surface area contributed by atoms with E-state index < -0.39 is 0 Å². The lowest BCUT2D eigenvalue weighted by atomic mass is 9.67. The number of hydrogen-bond donors (Lipinski definition) is 2. The zero-order valence-corrected chi connectivity index (χ0v) is 13.2. The van der Waals surface area contributed by atoms with E-state index in [0.29, 0.717) is 34.9 Å². The largest absolute Gasteiger partial charge is 0.392 e. The van der Waals surface area contributed by atoms with Gasteiger partial charge in [-0.1, -0.05) is 20.8 Å². The Morgan fingerprint density at radius 3 is 2.90 bits per heavy atom. The average Bonchev–Trinajstić information content (AvgIpc) is 2.36. The molecule has 4 nitrogen and oxygen atoms in total. The molecule has 116 valence electrons. The summed E-state index contributed by atoms with van der Waals surface area (Å²) >= 11 is 0. The summed E-state index contributed by atoms with van der Waals surface area (Å²) in [5.41, 5.74) is 1.65. The lowest BCUT2D eigenvalue weighted by Gasteiger charge is -2.38. The Balaban J connectivity index is 1.95. The van der Waals surface area contributed by atoms with Gasteiger partial charge in [0, 0.05) is 18.2 Å². The van der Waals surface area contributed by atoms with E-state index in [-0.39, 0.29) is 12.5 Å². The van der Waals surface area contributed by atoms with Crippen LogP contribution in [0.15, 0.2) is 18.5 Å². The Morgan fingerprint density at radius 1 is 1.48 bits per heavy atom. The first-order valence-electron chi connectivity index (χ1n) is 7.73. The molecule has 1 aromatic rings. The fourth-order valence-electron chi connectivity index (χ4n) is 3.84. The van der Waals surface area contributed by atoms with Crippen LogP contribution in [0.5, 0.6) is 0 Å². The van der Waals surface area contributed by atoms with Crippen LogP contribution < -0.4 is 5.32 Å². The molecule has 1 aromatic heterocycles. The summed E-state index contributed by atoms with van der Waals surface area (Å²) in [7, 11) is 0. The van der Waals surface area contributed by atoms with Crippen LogP contribution in [0.2, 0.25) is 0 Å². The smallest absolute Gasteiger partial charge is 0.224 e. The van der Waals surface area contributed by atoms with Gasteiger partial charge in [-0.2, -0.15) is 0 Å². The highest BCUT2D eigenvalue weighted by molar-refractivity contribution is 5.91. The van der Waals surface area contributed by atoms with Crippen molar-refractivity contribution in [2.24, 2.45) is 17.3 Å². The molecule has 0 radical (unpaired) electrons. The number of aliphatic hydroxyl groups excluding tert-OH is 1. The summed E-state index contributed by atoms with van der Waals surface area (Å²) in [4.78, 5) is 16.2. The van der Waals surface area contributed by atoms with E-state index in [4.69, 9.17) is 0 Å². The molecule has 2 rings (SSSR count). The Kier molecular flexibility index (Phi) is 4.99. The molecular weight excluding hydrogens is 264 g/mol. The van der Waals surface area contributed by atoms with Crippen LogP contribution in [-0.2, 0) is 11.4 Å². The van der Waals surface area contributed by atoms with Crippen LogP contribution in [0.3, 0.4) is 0 Å². The minimum absolute atomic E-state index is 0.0209. The van der Waals surface area contributed by atoms with Crippen molar-refractivity contribution in [2.75, 3.05) is 5.32 Å². The van der Waals surface area contributed by atoms with Crippen molar-refractivity contribution in [3.05, 3.63) is 24.0 Å². The second-order valence-corrected chi connectivity index (χ2v) is 7.22. The predicted octanol–water partition coefficient (Wildman–Crippen LogP) is 3.36. The molecule has 0 saturated heterocycles. The van der Waals surface area contributed by atoms with E-state index in [0.717, 1.165) is 12.8 Å². The molecule has 0 aromatic carbocycles. The maximum Gasteiger partial charge on any atom is 0.224 e. The van der Waals surface area contributed by atoms with Crippen LogP contribution in [0.25, 0.3) is 0 Å². The van der Waals surface area contributed by atoms with Crippen molar-refractivity contribution in [3.63, 3.8) is 0 Å². The summed E-state index contributed by atoms with van der Waals surface area (Å²) in [6.07, 6.45) is 7.22. The molecule has 2 unspecified atom stereocenters. The molecule has 1 aliphatic carbocycles. The maximum absolute atomic E-state index is 12.2. The van der Waals surface area contributed by atoms with E-state index in [1.807, 2.05) is 0 Å². The molecular formula is C17H26N2O2. The first-order valence-corrected chi connectivity index (χ1v) is 7.73. The molecule has 1 saturated carbocycles. The number of rotatable bonds is 4. The zero-order chi connectivity index (χ0) is 15.5. The fraction of sp³-hybridized carbons (Fsp3) is 0.647. The van der Waals surface area contributed by atoms with Gasteiger partial charge in [-0.05, 0) is 42.6 Å². The van der Waals surface area contributed by atoms with Crippen LogP contribution in [-0.4, -0.2) is 16.0 Å². The normalized spacial score (nSPS) is 24.6. The standard InChI is InChI=1S/C17H26N2O2/c1-12-6-13(9-17(2,3)8-12)7-16(21)19-15-10-18-5-4-14(15)11-20/h4-5,10,12-13,20H,6-9,11H2,1-3H3,(H,19,21). The SMILES string of the molecule is CC1CC(CC(=O)Nc2cnccc2CO)CC(C)(C)C1. The van der Waals surface area contributed by atoms with Crippen LogP contribution in [0.1, 0.15) is 52.0 Å². The molecule has 2 N–H and O–H groups in total. The molecule has 0 bridgehead atoms. The van der Waals surface area contributed by atoms with E-state index in [1.54, 1.807) is 18.5 Å². The Morgan fingerprint density at radius 2 is 2.24 bits per heavy atom. The summed E-state index contributed by atoms with van der Waals surface area (Å²) in [6.45, 7) is 6.76. The molecule has 1 fully saturated rings. The van der Waals surface area contributed by atoms with Gasteiger partial charge in [0.15, 0.2) is 0 Å². The topological polar surface area (TPSA) is 62.2 Å². The summed E-state index contributed by atoms with van der Waals surface area (Å²) < 4.78 is 0. The molecule has 21 heavy (non-hydrogen) atoms. The van der Waals surface area contributed by atoms with Gasteiger partial charge in [0.2, 0.25) is 5.91 Å². The van der Waals surface area contributed by atoms with Gasteiger partial charge in [0.1, 0.15) is 0 Å².